The van der Waals surface area contributed by atoms with Gasteiger partial charge in [-0.25, -0.2) is 4.98 Å². The Hall–Kier alpha value is -2.90. The minimum Gasteiger partial charge on any atom is -0.325 e. The summed E-state index contributed by atoms with van der Waals surface area (Å²) in [6, 6.07) is 19.9. The van der Waals surface area contributed by atoms with Crippen LogP contribution in [0.5, 0.6) is 0 Å². The standard InChI is InChI=1S/C25H25N3O2S2/c1-3-4-8-17-11-13-19(14-12-17)26-22(29)16-31-25-27-20-15-21(18-9-6-5-7-10-18)32-23(20)24(30)28(25)2/h5-7,9-15H,3-4,8,16H2,1-2H3,(H,26,29). The second-order valence-corrected chi connectivity index (χ2v) is 9.58. The second-order valence-electron chi connectivity index (χ2n) is 7.59. The Morgan fingerprint density at radius 3 is 2.59 bits per heavy atom. The molecule has 0 fully saturated rings. The summed E-state index contributed by atoms with van der Waals surface area (Å²) in [5, 5.41) is 3.45. The summed E-state index contributed by atoms with van der Waals surface area (Å²) in [4.78, 5) is 31.0. The first kappa shape index (κ1) is 22.3. The van der Waals surface area contributed by atoms with E-state index in [-0.39, 0.29) is 17.2 Å². The van der Waals surface area contributed by atoms with Gasteiger partial charge in [0, 0.05) is 17.6 Å². The van der Waals surface area contributed by atoms with E-state index in [9.17, 15) is 9.59 Å². The van der Waals surface area contributed by atoms with Crippen LogP contribution in [0.3, 0.4) is 0 Å². The lowest BCUT2D eigenvalue weighted by atomic mass is 10.1. The summed E-state index contributed by atoms with van der Waals surface area (Å²) in [5.74, 6) is 0.0555. The van der Waals surface area contributed by atoms with Crippen LogP contribution in [0, 0.1) is 0 Å². The second kappa shape index (κ2) is 10.1. The number of hydrogen-bond donors (Lipinski definition) is 1. The van der Waals surface area contributed by atoms with Crippen molar-refractivity contribution in [1.29, 1.82) is 0 Å². The van der Waals surface area contributed by atoms with Crippen LogP contribution in [0.4, 0.5) is 5.69 Å². The van der Waals surface area contributed by atoms with Gasteiger partial charge in [0.25, 0.3) is 5.56 Å². The lowest BCUT2D eigenvalue weighted by molar-refractivity contribution is -0.113. The fourth-order valence-electron chi connectivity index (χ4n) is 3.37. The van der Waals surface area contributed by atoms with Gasteiger partial charge in [-0.15, -0.1) is 11.3 Å². The Morgan fingerprint density at radius 2 is 1.88 bits per heavy atom. The zero-order valence-corrected chi connectivity index (χ0v) is 19.8. The van der Waals surface area contributed by atoms with Crippen molar-refractivity contribution in [3.8, 4) is 10.4 Å². The lowest BCUT2D eigenvalue weighted by Crippen LogP contribution is -2.20. The fourth-order valence-corrected chi connectivity index (χ4v) is 5.22. The quantitative estimate of drug-likeness (QED) is 0.267. The van der Waals surface area contributed by atoms with Crippen molar-refractivity contribution in [1.82, 2.24) is 9.55 Å². The molecule has 2 aromatic heterocycles. The van der Waals surface area contributed by atoms with Gasteiger partial charge >= 0.3 is 0 Å². The van der Waals surface area contributed by atoms with E-state index in [1.54, 1.807) is 7.05 Å². The average Bonchev–Trinajstić information content (AvgIpc) is 3.25. The molecular formula is C25H25N3O2S2. The van der Waals surface area contributed by atoms with E-state index in [1.165, 1.54) is 33.2 Å². The van der Waals surface area contributed by atoms with E-state index in [0.717, 1.165) is 35.4 Å². The van der Waals surface area contributed by atoms with E-state index in [2.05, 4.69) is 29.4 Å². The molecule has 164 valence electrons. The SMILES string of the molecule is CCCCc1ccc(NC(=O)CSc2nc3cc(-c4ccccc4)sc3c(=O)n2C)cc1. The predicted octanol–water partition coefficient (Wildman–Crippen LogP) is 5.74. The maximum absolute atomic E-state index is 12.9. The molecule has 1 N–H and O–H groups in total. The molecule has 0 saturated heterocycles. The number of nitrogens with one attached hydrogen (secondary N) is 1. The minimum atomic E-state index is -0.124. The van der Waals surface area contributed by atoms with Crippen LogP contribution in [0.25, 0.3) is 20.7 Å². The summed E-state index contributed by atoms with van der Waals surface area (Å²) in [6.45, 7) is 2.18. The number of thiophene rings is 1. The number of hydrogen-bond acceptors (Lipinski definition) is 5. The molecule has 5 nitrogen and oxygen atoms in total. The Morgan fingerprint density at radius 1 is 1.12 bits per heavy atom. The zero-order chi connectivity index (χ0) is 22.5. The van der Waals surface area contributed by atoms with E-state index in [4.69, 9.17) is 0 Å². The smallest absolute Gasteiger partial charge is 0.271 e. The van der Waals surface area contributed by atoms with Crippen molar-refractivity contribution in [2.24, 2.45) is 7.05 Å². The third kappa shape index (κ3) is 5.11. The molecule has 7 heteroatoms. The van der Waals surface area contributed by atoms with Crippen LogP contribution in [0.2, 0.25) is 0 Å². The van der Waals surface area contributed by atoms with Crippen LogP contribution in [0.1, 0.15) is 25.3 Å². The van der Waals surface area contributed by atoms with Gasteiger partial charge in [-0.3, -0.25) is 14.2 Å². The number of fused-ring (bicyclic) bond motifs is 1. The van der Waals surface area contributed by atoms with E-state index < -0.39 is 0 Å². The number of benzene rings is 2. The highest BCUT2D eigenvalue weighted by molar-refractivity contribution is 7.99. The summed E-state index contributed by atoms with van der Waals surface area (Å²) in [6.07, 6.45) is 3.38. The number of aryl methyl sites for hydroxylation is 1. The van der Waals surface area contributed by atoms with Gasteiger partial charge in [0.2, 0.25) is 5.91 Å². The normalized spacial score (nSPS) is 11.1. The predicted molar refractivity (Wildman–Crippen MR) is 135 cm³/mol. The maximum Gasteiger partial charge on any atom is 0.271 e. The molecule has 0 aliphatic rings. The Kier molecular flexibility index (Phi) is 7.07. The van der Waals surface area contributed by atoms with Crippen LogP contribution < -0.4 is 10.9 Å². The third-order valence-corrected chi connectivity index (χ3v) is 7.35. The Balaban J connectivity index is 1.45. The molecule has 0 atom stereocenters. The van der Waals surface area contributed by atoms with Crippen molar-refractivity contribution < 1.29 is 4.79 Å². The van der Waals surface area contributed by atoms with Gasteiger partial charge in [-0.05, 0) is 42.2 Å². The highest BCUT2D eigenvalue weighted by Crippen LogP contribution is 2.31. The number of rotatable bonds is 8. The molecule has 1 amide bonds. The monoisotopic (exact) mass is 463 g/mol. The summed E-state index contributed by atoms with van der Waals surface area (Å²) < 4.78 is 2.15. The topological polar surface area (TPSA) is 64.0 Å². The van der Waals surface area contributed by atoms with Gasteiger partial charge in [-0.2, -0.15) is 0 Å². The summed E-state index contributed by atoms with van der Waals surface area (Å²) in [7, 11) is 1.70. The fraction of sp³-hybridized carbons (Fsp3) is 0.240. The number of carbonyl (C=O) groups excluding carboxylic acids is 1. The Labute approximate surface area is 195 Å². The van der Waals surface area contributed by atoms with Crippen LogP contribution in [-0.4, -0.2) is 21.2 Å². The molecule has 32 heavy (non-hydrogen) atoms. The van der Waals surface area contributed by atoms with Gasteiger partial charge < -0.3 is 5.32 Å². The maximum atomic E-state index is 12.9. The van der Waals surface area contributed by atoms with E-state index in [0.29, 0.717) is 15.4 Å². The molecule has 0 aliphatic carbocycles. The van der Waals surface area contributed by atoms with Crippen molar-refractivity contribution >= 4 is 44.9 Å². The van der Waals surface area contributed by atoms with Crippen molar-refractivity contribution in [2.75, 3.05) is 11.1 Å². The number of unbranched alkanes of at least 4 members (excludes halogenated alkanes) is 1. The van der Waals surface area contributed by atoms with Crippen molar-refractivity contribution in [3.05, 3.63) is 76.6 Å². The lowest BCUT2D eigenvalue weighted by Gasteiger charge is -2.08. The van der Waals surface area contributed by atoms with Crippen LogP contribution in [-0.2, 0) is 18.3 Å². The van der Waals surface area contributed by atoms with Gasteiger partial charge in [0.05, 0.1) is 11.3 Å². The average molecular weight is 464 g/mol. The van der Waals surface area contributed by atoms with Gasteiger partial charge in [0.1, 0.15) is 4.70 Å². The Bertz CT molecular complexity index is 1280. The molecule has 0 radical (unpaired) electrons. The minimum absolute atomic E-state index is 0.0900. The molecule has 0 spiro atoms. The number of nitrogens with zero attached hydrogens (tertiary/aromatic N) is 2. The summed E-state index contributed by atoms with van der Waals surface area (Å²) in [5.41, 5.74) is 3.69. The third-order valence-electron chi connectivity index (χ3n) is 5.16. The molecule has 2 heterocycles. The molecular weight excluding hydrogens is 438 g/mol. The number of aromatic nitrogens is 2. The largest absolute Gasteiger partial charge is 0.325 e. The molecule has 0 bridgehead atoms. The van der Waals surface area contributed by atoms with Gasteiger partial charge in [-0.1, -0.05) is 67.6 Å². The molecule has 4 rings (SSSR count). The number of thioether (sulfide) groups is 1. The highest BCUT2D eigenvalue weighted by atomic mass is 32.2. The first-order valence-electron chi connectivity index (χ1n) is 10.6. The number of carbonyl (C=O) groups is 1. The van der Waals surface area contributed by atoms with Gasteiger partial charge in [0.15, 0.2) is 5.16 Å². The van der Waals surface area contributed by atoms with Crippen LogP contribution >= 0.6 is 23.1 Å². The summed E-state index contributed by atoms with van der Waals surface area (Å²) >= 11 is 2.71. The molecule has 0 aliphatic heterocycles. The molecule has 0 unspecified atom stereocenters. The van der Waals surface area contributed by atoms with E-state index >= 15 is 0 Å². The van der Waals surface area contributed by atoms with Crippen molar-refractivity contribution in [3.63, 3.8) is 0 Å². The van der Waals surface area contributed by atoms with Crippen LogP contribution in [0.15, 0.2) is 70.6 Å². The van der Waals surface area contributed by atoms with E-state index in [1.807, 2.05) is 48.5 Å². The highest BCUT2D eigenvalue weighted by Gasteiger charge is 2.14. The molecule has 2 aromatic carbocycles. The number of amides is 1. The first-order chi connectivity index (χ1) is 15.5. The first-order valence-corrected chi connectivity index (χ1v) is 12.4. The molecule has 0 saturated carbocycles. The van der Waals surface area contributed by atoms with Crippen molar-refractivity contribution in [2.45, 2.75) is 31.3 Å². The molecule has 4 aromatic rings. The number of anilines is 1. The zero-order valence-electron chi connectivity index (χ0n) is 18.1.